The van der Waals surface area contributed by atoms with Gasteiger partial charge in [0.1, 0.15) is 5.78 Å². The van der Waals surface area contributed by atoms with Crippen LogP contribution in [0.1, 0.15) is 27.7 Å². The van der Waals surface area contributed by atoms with Crippen LogP contribution in [0, 0.1) is 11.8 Å². The van der Waals surface area contributed by atoms with E-state index in [-0.39, 0.29) is 17.6 Å². The van der Waals surface area contributed by atoms with Crippen LogP contribution in [0.2, 0.25) is 0 Å². The van der Waals surface area contributed by atoms with E-state index in [0.29, 0.717) is 0 Å². The zero-order valence-electron chi connectivity index (χ0n) is 7.09. The Morgan fingerprint density at radius 3 is 1.80 bits per heavy atom. The summed E-state index contributed by atoms with van der Waals surface area (Å²) in [5.41, 5.74) is 0. The zero-order valence-corrected chi connectivity index (χ0v) is 7.09. The molecule has 0 aromatic rings. The Morgan fingerprint density at radius 2 is 1.70 bits per heavy atom. The number of Topliss-reactive ketones (excluding diaryl/α,β-unsaturated/α-hetero) is 1. The van der Waals surface area contributed by atoms with Crippen molar-refractivity contribution in [2.24, 2.45) is 11.8 Å². The van der Waals surface area contributed by atoms with Crippen molar-refractivity contribution < 1.29 is 9.90 Å². The molecule has 2 atom stereocenters. The lowest BCUT2D eigenvalue weighted by molar-refractivity contribution is -0.124. The lowest BCUT2D eigenvalue weighted by Gasteiger charge is -2.19. The molecule has 0 saturated heterocycles. The molecular formula is C8H16O2. The molecule has 0 aromatic heterocycles. The first-order chi connectivity index (χ1) is 4.46. The Bertz CT molecular complexity index is 118. The maximum atomic E-state index is 10.7. The minimum absolute atomic E-state index is 0.0567. The molecule has 1 N–H and O–H groups in total. The molecule has 0 fully saturated rings. The maximum Gasteiger partial charge on any atom is 0.135 e. The SMILES string of the molecule is CC(=O)[C@H](C)[C@@H](O)C(C)C. The molecule has 0 bridgehead atoms. The second-order valence-electron chi connectivity index (χ2n) is 3.13. The number of aliphatic hydroxyl groups is 1. The highest BCUT2D eigenvalue weighted by Crippen LogP contribution is 2.12. The van der Waals surface area contributed by atoms with Gasteiger partial charge in [0.15, 0.2) is 0 Å². The molecule has 0 aliphatic heterocycles. The van der Waals surface area contributed by atoms with Crippen molar-refractivity contribution in [3.8, 4) is 0 Å². The van der Waals surface area contributed by atoms with Gasteiger partial charge < -0.3 is 5.11 Å². The summed E-state index contributed by atoms with van der Waals surface area (Å²) < 4.78 is 0. The standard InChI is InChI=1S/C8H16O2/c1-5(2)8(10)6(3)7(4)9/h5-6,8,10H,1-4H3/t6-,8-/m0/s1. The summed E-state index contributed by atoms with van der Waals surface area (Å²) >= 11 is 0. The molecule has 0 unspecified atom stereocenters. The molecule has 10 heavy (non-hydrogen) atoms. The average Bonchev–Trinajstić information content (AvgIpc) is 1.84. The van der Waals surface area contributed by atoms with Gasteiger partial charge in [0.25, 0.3) is 0 Å². The van der Waals surface area contributed by atoms with Gasteiger partial charge >= 0.3 is 0 Å². The van der Waals surface area contributed by atoms with Gasteiger partial charge in [-0.05, 0) is 12.8 Å². The Balaban J connectivity index is 3.94. The highest BCUT2D eigenvalue weighted by Gasteiger charge is 2.20. The molecule has 0 aliphatic rings. The fourth-order valence-corrected chi connectivity index (χ4v) is 0.818. The van der Waals surface area contributed by atoms with E-state index >= 15 is 0 Å². The van der Waals surface area contributed by atoms with E-state index in [9.17, 15) is 9.90 Å². The second-order valence-corrected chi connectivity index (χ2v) is 3.13. The van der Waals surface area contributed by atoms with Crippen LogP contribution in [0.3, 0.4) is 0 Å². The Hall–Kier alpha value is -0.370. The zero-order chi connectivity index (χ0) is 8.31. The highest BCUT2D eigenvalue weighted by molar-refractivity contribution is 5.78. The lowest BCUT2D eigenvalue weighted by atomic mass is 9.92. The third-order valence-corrected chi connectivity index (χ3v) is 1.84. The van der Waals surface area contributed by atoms with Crippen LogP contribution in [0.4, 0.5) is 0 Å². The first-order valence-electron chi connectivity index (χ1n) is 3.65. The molecular weight excluding hydrogens is 128 g/mol. The summed E-state index contributed by atoms with van der Waals surface area (Å²) in [5.74, 6) is 0.0000926. The molecule has 0 amide bonds. The largest absolute Gasteiger partial charge is 0.392 e. The van der Waals surface area contributed by atoms with E-state index in [0.717, 1.165) is 0 Å². The summed E-state index contributed by atoms with van der Waals surface area (Å²) in [6.45, 7) is 7.08. The van der Waals surface area contributed by atoms with Gasteiger partial charge in [-0.25, -0.2) is 0 Å². The highest BCUT2D eigenvalue weighted by atomic mass is 16.3. The number of carbonyl (C=O) groups excluding carboxylic acids is 1. The van der Waals surface area contributed by atoms with E-state index in [1.165, 1.54) is 6.92 Å². The van der Waals surface area contributed by atoms with Gasteiger partial charge in [0, 0.05) is 5.92 Å². The summed E-state index contributed by atoms with van der Waals surface area (Å²) in [5, 5.41) is 9.34. The number of hydrogen-bond acceptors (Lipinski definition) is 2. The maximum absolute atomic E-state index is 10.7. The van der Waals surface area contributed by atoms with Crippen molar-refractivity contribution in [3.63, 3.8) is 0 Å². The molecule has 0 radical (unpaired) electrons. The molecule has 0 heterocycles. The minimum atomic E-state index is -0.488. The van der Waals surface area contributed by atoms with Crippen LogP contribution in [0.5, 0.6) is 0 Å². The van der Waals surface area contributed by atoms with Crippen LogP contribution in [0.25, 0.3) is 0 Å². The van der Waals surface area contributed by atoms with Crippen LogP contribution in [0.15, 0.2) is 0 Å². The second kappa shape index (κ2) is 3.71. The number of carbonyl (C=O) groups is 1. The number of ketones is 1. The smallest absolute Gasteiger partial charge is 0.135 e. The molecule has 0 aliphatic carbocycles. The van der Waals surface area contributed by atoms with E-state index < -0.39 is 6.10 Å². The molecule has 0 rings (SSSR count). The van der Waals surface area contributed by atoms with E-state index in [1.807, 2.05) is 13.8 Å². The van der Waals surface area contributed by atoms with Gasteiger partial charge in [0.2, 0.25) is 0 Å². The van der Waals surface area contributed by atoms with Crippen molar-refractivity contribution in [1.82, 2.24) is 0 Å². The van der Waals surface area contributed by atoms with E-state index in [1.54, 1.807) is 6.92 Å². The van der Waals surface area contributed by atoms with Crippen molar-refractivity contribution in [2.45, 2.75) is 33.8 Å². The van der Waals surface area contributed by atoms with Crippen molar-refractivity contribution in [3.05, 3.63) is 0 Å². The van der Waals surface area contributed by atoms with Crippen LogP contribution < -0.4 is 0 Å². The normalized spacial score (nSPS) is 17.0. The average molecular weight is 144 g/mol. The lowest BCUT2D eigenvalue weighted by Crippen LogP contribution is -2.28. The van der Waals surface area contributed by atoms with Gasteiger partial charge in [-0.2, -0.15) is 0 Å². The molecule has 0 aromatic carbocycles. The van der Waals surface area contributed by atoms with Gasteiger partial charge in [-0.3, -0.25) is 4.79 Å². The fourth-order valence-electron chi connectivity index (χ4n) is 0.818. The van der Waals surface area contributed by atoms with Crippen molar-refractivity contribution in [2.75, 3.05) is 0 Å². The summed E-state index contributed by atoms with van der Waals surface area (Å²) in [6, 6.07) is 0. The number of aliphatic hydroxyl groups excluding tert-OH is 1. The van der Waals surface area contributed by atoms with Crippen LogP contribution in [-0.4, -0.2) is 17.0 Å². The summed E-state index contributed by atoms with van der Waals surface area (Å²) in [4.78, 5) is 10.7. The van der Waals surface area contributed by atoms with Crippen molar-refractivity contribution in [1.29, 1.82) is 0 Å². The monoisotopic (exact) mass is 144 g/mol. The Morgan fingerprint density at radius 1 is 1.30 bits per heavy atom. The predicted molar refractivity (Wildman–Crippen MR) is 40.7 cm³/mol. The first-order valence-corrected chi connectivity index (χ1v) is 3.65. The number of rotatable bonds is 3. The van der Waals surface area contributed by atoms with Crippen LogP contribution in [-0.2, 0) is 4.79 Å². The van der Waals surface area contributed by atoms with Gasteiger partial charge in [-0.1, -0.05) is 20.8 Å². The Kier molecular flexibility index (Phi) is 3.58. The van der Waals surface area contributed by atoms with Gasteiger partial charge in [-0.15, -0.1) is 0 Å². The topological polar surface area (TPSA) is 37.3 Å². The van der Waals surface area contributed by atoms with E-state index in [2.05, 4.69) is 0 Å². The first kappa shape index (κ1) is 9.63. The predicted octanol–water partition coefficient (Wildman–Crippen LogP) is 1.23. The quantitative estimate of drug-likeness (QED) is 0.646. The van der Waals surface area contributed by atoms with E-state index in [4.69, 9.17) is 0 Å². The molecule has 0 saturated carbocycles. The minimum Gasteiger partial charge on any atom is -0.392 e. The third-order valence-electron chi connectivity index (χ3n) is 1.84. The van der Waals surface area contributed by atoms with Crippen LogP contribution >= 0.6 is 0 Å². The third kappa shape index (κ3) is 2.48. The molecule has 0 spiro atoms. The summed E-state index contributed by atoms with van der Waals surface area (Å²) in [6.07, 6.45) is -0.488. The summed E-state index contributed by atoms with van der Waals surface area (Å²) in [7, 11) is 0. The molecule has 60 valence electrons. The fraction of sp³-hybridized carbons (Fsp3) is 0.875. The molecule has 2 nitrogen and oxygen atoms in total. The number of hydrogen-bond donors (Lipinski definition) is 1. The molecule has 2 heteroatoms. The van der Waals surface area contributed by atoms with Crippen molar-refractivity contribution >= 4 is 5.78 Å². The van der Waals surface area contributed by atoms with Gasteiger partial charge in [0.05, 0.1) is 6.10 Å². The Labute approximate surface area is 62.2 Å².